The van der Waals surface area contributed by atoms with Crippen molar-refractivity contribution in [3.8, 4) is 0 Å². The number of rotatable bonds is 8. The van der Waals surface area contributed by atoms with Crippen LogP contribution in [0, 0.1) is 0 Å². The molecule has 1 aliphatic carbocycles. The number of fused-ring (bicyclic) bond motifs is 1. The van der Waals surface area contributed by atoms with Gasteiger partial charge >= 0.3 is 11.9 Å². The van der Waals surface area contributed by atoms with E-state index in [-0.39, 0.29) is 5.97 Å². The molecule has 0 saturated heterocycles. The molecule has 4 nitrogen and oxygen atoms in total. The monoisotopic (exact) mass is 316 g/mol. The third-order valence-corrected chi connectivity index (χ3v) is 3.87. The van der Waals surface area contributed by atoms with E-state index in [4.69, 9.17) is 9.47 Å². The third kappa shape index (κ3) is 4.21. The molecule has 1 unspecified atom stereocenters. The summed E-state index contributed by atoms with van der Waals surface area (Å²) in [5.74, 6) is -1.47. The number of hydrogen-bond donors (Lipinski definition) is 0. The second-order valence-corrected chi connectivity index (χ2v) is 5.67. The summed E-state index contributed by atoms with van der Waals surface area (Å²) in [7, 11) is 0. The number of unbranched alkanes of at least 4 members (excludes halogenated alkanes) is 2. The highest BCUT2D eigenvalue weighted by molar-refractivity contribution is 6.05. The van der Waals surface area contributed by atoms with E-state index in [1.54, 1.807) is 6.08 Å². The number of carbonyl (C=O) groups excluding carboxylic acids is 2. The smallest absolute Gasteiger partial charge is 0.335 e. The number of esters is 2. The summed E-state index contributed by atoms with van der Waals surface area (Å²) < 4.78 is 10.6. The molecule has 0 bridgehead atoms. The van der Waals surface area contributed by atoms with Crippen LogP contribution in [0.25, 0.3) is 6.08 Å². The van der Waals surface area contributed by atoms with Gasteiger partial charge in [-0.3, -0.25) is 4.79 Å². The van der Waals surface area contributed by atoms with Gasteiger partial charge in [-0.2, -0.15) is 0 Å². The Kier molecular flexibility index (Phi) is 6.39. The minimum absolute atomic E-state index is 0.373. The number of carbonyl (C=O) groups is 2. The largest absolute Gasteiger partial charge is 0.465 e. The SMILES string of the molecule is CCCCOC(=O)C1=Cc2ccccc2C1C(=O)OCCCC. The highest BCUT2D eigenvalue weighted by Crippen LogP contribution is 2.37. The first kappa shape index (κ1) is 17.3. The first-order valence-corrected chi connectivity index (χ1v) is 8.33. The van der Waals surface area contributed by atoms with Crippen molar-refractivity contribution in [1.29, 1.82) is 0 Å². The zero-order valence-electron chi connectivity index (χ0n) is 13.8. The Morgan fingerprint density at radius 2 is 1.65 bits per heavy atom. The fourth-order valence-corrected chi connectivity index (χ4v) is 2.55. The van der Waals surface area contributed by atoms with E-state index in [1.807, 2.05) is 38.1 Å². The fraction of sp³-hybridized carbons (Fsp3) is 0.474. The van der Waals surface area contributed by atoms with Crippen LogP contribution in [-0.4, -0.2) is 25.2 Å². The third-order valence-electron chi connectivity index (χ3n) is 3.87. The van der Waals surface area contributed by atoms with Crippen LogP contribution >= 0.6 is 0 Å². The zero-order chi connectivity index (χ0) is 16.7. The fourth-order valence-electron chi connectivity index (χ4n) is 2.55. The van der Waals surface area contributed by atoms with Gasteiger partial charge in [-0.05, 0) is 30.0 Å². The van der Waals surface area contributed by atoms with E-state index in [0.717, 1.165) is 36.8 Å². The molecule has 124 valence electrons. The standard InChI is InChI=1S/C19H24O4/c1-3-5-11-22-18(20)16-13-14-9-7-8-10-15(14)17(16)19(21)23-12-6-4-2/h7-10,13,17H,3-6,11-12H2,1-2H3. The molecule has 2 rings (SSSR count). The van der Waals surface area contributed by atoms with E-state index >= 15 is 0 Å². The van der Waals surface area contributed by atoms with Gasteiger partial charge in [-0.25, -0.2) is 4.79 Å². The predicted molar refractivity (Wildman–Crippen MR) is 88.9 cm³/mol. The topological polar surface area (TPSA) is 52.6 Å². The lowest BCUT2D eigenvalue weighted by atomic mass is 9.96. The Bertz CT molecular complexity index is 589. The molecule has 0 spiro atoms. The van der Waals surface area contributed by atoms with E-state index < -0.39 is 11.9 Å². The quantitative estimate of drug-likeness (QED) is 0.540. The Hall–Kier alpha value is -2.10. The summed E-state index contributed by atoms with van der Waals surface area (Å²) in [6.45, 7) is 4.83. The first-order valence-electron chi connectivity index (χ1n) is 8.33. The molecule has 1 aromatic rings. The van der Waals surface area contributed by atoms with E-state index in [0.29, 0.717) is 18.8 Å². The summed E-state index contributed by atoms with van der Waals surface area (Å²) in [5.41, 5.74) is 2.08. The van der Waals surface area contributed by atoms with Crippen LogP contribution in [0.5, 0.6) is 0 Å². The summed E-state index contributed by atoms with van der Waals surface area (Å²) in [5, 5.41) is 0. The Morgan fingerprint density at radius 3 is 2.35 bits per heavy atom. The minimum Gasteiger partial charge on any atom is -0.465 e. The lowest BCUT2D eigenvalue weighted by Crippen LogP contribution is -2.22. The second-order valence-electron chi connectivity index (χ2n) is 5.67. The minimum atomic E-state index is -0.669. The Balaban J connectivity index is 2.15. The maximum absolute atomic E-state index is 12.5. The summed E-state index contributed by atoms with van der Waals surface area (Å²) in [6, 6.07) is 7.52. The molecule has 1 atom stereocenters. The van der Waals surface area contributed by atoms with Crippen molar-refractivity contribution >= 4 is 18.0 Å². The van der Waals surface area contributed by atoms with Gasteiger partial charge in [0.2, 0.25) is 0 Å². The van der Waals surface area contributed by atoms with E-state index in [9.17, 15) is 9.59 Å². The molecular formula is C19H24O4. The lowest BCUT2D eigenvalue weighted by molar-refractivity contribution is -0.147. The molecule has 0 amide bonds. The molecule has 0 N–H and O–H groups in total. The van der Waals surface area contributed by atoms with Crippen LogP contribution in [0.3, 0.4) is 0 Å². The van der Waals surface area contributed by atoms with E-state index in [2.05, 4.69) is 0 Å². The van der Waals surface area contributed by atoms with Gasteiger partial charge in [0.15, 0.2) is 0 Å². The molecule has 23 heavy (non-hydrogen) atoms. The van der Waals surface area contributed by atoms with Crippen LogP contribution < -0.4 is 0 Å². The summed E-state index contributed by atoms with van der Waals surface area (Å²) in [6.07, 6.45) is 5.29. The molecule has 4 heteroatoms. The molecule has 0 heterocycles. The van der Waals surface area contributed by atoms with Crippen molar-refractivity contribution in [3.63, 3.8) is 0 Å². The van der Waals surface area contributed by atoms with Crippen molar-refractivity contribution < 1.29 is 19.1 Å². The maximum Gasteiger partial charge on any atom is 0.335 e. The van der Waals surface area contributed by atoms with Gasteiger partial charge in [0.1, 0.15) is 5.92 Å². The summed E-state index contributed by atoms with van der Waals surface area (Å²) in [4.78, 5) is 24.8. The highest BCUT2D eigenvalue weighted by atomic mass is 16.5. The zero-order valence-corrected chi connectivity index (χ0v) is 13.8. The molecule has 1 aliphatic rings. The Morgan fingerprint density at radius 1 is 1.00 bits per heavy atom. The number of hydrogen-bond acceptors (Lipinski definition) is 4. The van der Waals surface area contributed by atoms with Gasteiger partial charge in [-0.1, -0.05) is 51.0 Å². The number of ether oxygens (including phenoxy) is 2. The molecular weight excluding hydrogens is 292 g/mol. The van der Waals surface area contributed by atoms with Crippen LogP contribution in [0.2, 0.25) is 0 Å². The lowest BCUT2D eigenvalue weighted by Gasteiger charge is -2.15. The van der Waals surface area contributed by atoms with Crippen LogP contribution in [0.15, 0.2) is 29.8 Å². The molecule has 1 aromatic carbocycles. The van der Waals surface area contributed by atoms with Gasteiger partial charge in [0.05, 0.1) is 18.8 Å². The Labute approximate surface area is 137 Å². The molecule has 0 aromatic heterocycles. The van der Waals surface area contributed by atoms with Crippen molar-refractivity contribution in [1.82, 2.24) is 0 Å². The average molecular weight is 316 g/mol. The average Bonchev–Trinajstić information content (AvgIpc) is 2.94. The van der Waals surface area contributed by atoms with Crippen molar-refractivity contribution in [2.75, 3.05) is 13.2 Å². The molecule has 0 radical (unpaired) electrons. The van der Waals surface area contributed by atoms with Gasteiger partial charge in [0, 0.05) is 0 Å². The van der Waals surface area contributed by atoms with Crippen molar-refractivity contribution in [2.24, 2.45) is 0 Å². The highest BCUT2D eigenvalue weighted by Gasteiger charge is 2.37. The van der Waals surface area contributed by atoms with Crippen molar-refractivity contribution in [2.45, 2.75) is 45.4 Å². The van der Waals surface area contributed by atoms with Crippen molar-refractivity contribution in [3.05, 3.63) is 41.0 Å². The van der Waals surface area contributed by atoms with Crippen LogP contribution in [0.4, 0.5) is 0 Å². The van der Waals surface area contributed by atoms with Crippen LogP contribution in [-0.2, 0) is 19.1 Å². The first-order chi connectivity index (χ1) is 11.2. The second kappa shape index (κ2) is 8.51. The van der Waals surface area contributed by atoms with Gasteiger partial charge < -0.3 is 9.47 Å². The van der Waals surface area contributed by atoms with Gasteiger partial charge in [-0.15, -0.1) is 0 Å². The normalized spacial score (nSPS) is 15.7. The van der Waals surface area contributed by atoms with Gasteiger partial charge in [0.25, 0.3) is 0 Å². The molecule has 0 fully saturated rings. The maximum atomic E-state index is 12.5. The molecule has 0 aliphatic heterocycles. The predicted octanol–water partition coefficient (Wildman–Crippen LogP) is 3.85. The van der Waals surface area contributed by atoms with E-state index in [1.165, 1.54) is 0 Å². The summed E-state index contributed by atoms with van der Waals surface area (Å²) >= 11 is 0. The molecule has 0 saturated carbocycles. The number of benzene rings is 1. The van der Waals surface area contributed by atoms with Crippen LogP contribution in [0.1, 0.15) is 56.6 Å².